The van der Waals surface area contributed by atoms with Gasteiger partial charge in [0.15, 0.2) is 0 Å². The topological polar surface area (TPSA) is 38.4 Å². The quantitative estimate of drug-likeness (QED) is 0.526. The minimum Gasteiger partial charge on any atom is -0.387 e. The van der Waals surface area contributed by atoms with Crippen molar-refractivity contribution in [2.45, 2.75) is 40.5 Å². The molecule has 0 unspecified atom stereocenters. The van der Waals surface area contributed by atoms with E-state index in [4.69, 9.17) is 5.73 Å². The maximum atomic E-state index is 5.84. The van der Waals surface area contributed by atoms with Crippen molar-refractivity contribution in [3.8, 4) is 0 Å². The summed E-state index contributed by atoms with van der Waals surface area (Å²) in [5.74, 6) is 2.15. The van der Waals surface area contributed by atoms with E-state index in [1.165, 1.54) is 12.8 Å². The van der Waals surface area contributed by atoms with Gasteiger partial charge in [-0.25, -0.2) is 0 Å². The summed E-state index contributed by atoms with van der Waals surface area (Å²) in [4.78, 5) is 4.47. The number of nitrogens with zero attached hydrogens (tertiary/aromatic N) is 1. The van der Waals surface area contributed by atoms with Crippen LogP contribution in [0, 0.1) is 17.3 Å². The molecular weight excluding hydrogens is 160 g/mol. The smallest absolute Gasteiger partial charge is 0.0968 e. The van der Waals surface area contributed by atoms with Crippen LogP contribution >= 0.6 is 0 Å². The third kappa shape index (κ3) is 3.02. The first kappa shape index (κ1) is 10.6. The summed E-state index contributed by atoms with van der Waals surface area (Å²) in [6.45, 7) is 9.85. The molecule has 0 aliphatic heterocycles. The predicted molar refractivity (Wildman–Crippen MR) is 57.8 cm³/mol. The van der Waals surface area contributed by atoms with Gasteiger partial charge in [-0.2, -0.15) is 0 Å². The molecule has 13 heavy (non-hydrogen) atoms. The molecule has 1 aliphatic rings. The maximum Gasteiger partial charge on any atom is 0.0968 e. The maximum absolute atomic E-state index is 5.84. The monoisotopic (exact) mass is 182 g/mol. The fourth-order valence-corrected chi connectivity index (χ4v) is 0.986. The molecule has 0 bridgehead atoms. The van der Waals surface area contributed by atoms with Gasteiger partial charge < -0.3 is 5.73 Å². The molecule has 76 valence electrons. The lowest BCUT2D eigenvalue weighted by Crippen LogP contribution is -2.25. The second-order valence-electron chi connectivity index (χ2n) is 5.16. The van der Waals surface area contributed by atoms with E-state index in [-0.39, 0.29) is 5.41 Å². The minimum atomic E-state index is 0.277. The molecule has 2 nitrogen and oxygen atoms in total. The summed E-state index contributed by atoms with van der Waals surface area (Å²) >= 11 is 0. The van der Waals surface area contributed by atoms with Gasteiger partial charge in [0, 0.05) is 12.5 Å². The summed E-state index contributed by atoms with van der Waals surface area (Å²) in [6.07, 6.45) is 2.49. The SMILES string of the molecule is CC(C)C(C)(C)CN=C(N)C1CC1. The predicted octanol–water partition coefficient (Wildman–Crippen LogP) is 2.44. The van der Waals surface area contributed by atoms with Crippen LogP contribution in [0.2, 0.25) is 0 Å². The van der Waals surface area contributed by atoms with Gasteiger partial charge >= 0.3 is 0 Å². The number of nitrogens with two attached hydrogens (primary N) is 1. The molecule has 1 aliphatic carbocycles. The number of rotatable bonds is 4. The van der Waals surface area contributed by atoms with Gasteiger partial charge in [-0.15, -0.1) is 0 Å². The second kappa shape index (κ2) is 3.69. The van der Waals surface area contributed by atoms with E-state index < -0.39 is 0 Å². The summed E-state index contributed by atoms with van der Waals surface area (Å²) in [5.41, 5.74) is 6.11. The van der Waals surface area contributed by atoms with Gasteiger partial charge in [0.05, 0.1) is 5.84 Å². The Morgan fingerprint density at radius 1 is 1.46 bits per heavy atom. The van der Waals surface area contributed by atoms with Crippen LogP contribution in [0.5, 0.6) is 0 Å². The van der Waals surface area contributed by atoms with Crippen LogP contribution in [-0.4, -0.2) is 12.4 Å². The Labute approximate surface area is 81.6 Å². The molecular formula is C11H22N2. The van der Waals surface area contributed by atoms with E-state index in [2.05, 4.69) is 32.7 Å². The van der Waals surface area contributed by atoms with Gasteiger partial charge in [-0.05, 0) is 24.2 Å². The first-order chi connectivity index (χ1) is 5.93. The molecule has 0 heterocycles. The molecule has 2 heteroatoms. The standard InChI is InChI=1S/C11H22N2/c1-8(2)11(3,4)7-13-10(12)9-5-6-9/h8-9H,5-7H2,1-4H3,(H2,12,13). The Kier molecular flexibility index (Phi) is 2.99. The highest BCUT2D eigenvalue weighted by Crippen LogP contribution is 2.30. The van der Waals surface area contributed by atoms with Crippen LogP contribution in [0.25, 0.3) is 0 Å². The normalized spacial score (nSPS) is 19.6. The van der Waals surface area contributed by atoms with Gasteiger partial charge in [0.25, 0.3) is 0 Å². The van der Waals surface area contributed by atoms with Crippen LogP contribution in [0.4, 0.5) is 0 Å². The molecule has 0 amide bonds. The highest BCUT2D eigenvalue weighted by atomic mass is 14.9. The van der Waals surface area contributed by atoms with Crippen molar-refractivity contribution in [3.05, 3.63) is 0 Å². The fraction of sp³-hybridized carbons (Fsp3) is 0.909. The number of hydrogen-bond donors (Lipinski definition) is 1. The fourth-order valence-electron chi connectivity index (χ4n) is 0.986. The van der Waals surface area contributed by atoms with Crippen molar-refractivity contribution in [1.82, 2.24) is 0 Å². The van der Waals surface area contributed by atoms with Gasteiger partial charge in [-0.3, -0.25) is 4.99 Å². The van der Waals surface area contributed by atoms with Gasteiger partial charge in [0.1, 0.15) is 0 Å². The summed E-state index contributed by atoms with van der Waals surface area (Å²) in [6, 6.07) is 0. The Morgan fingerprint density at radius 2 is 2.00 bits per heavy atom. The van der Waals surface area contributed by atoms with E-state index in [1.807, 2.05) is 0 Å². The first-order valence-electron chi connectivity index (χ1n) is 5.23. The number of aliphatic imine (C=N–C) groups is 1. The molecule has 0 radical (unpaired) electrons. The highest BCUT2D eigenvalue weighted by Gasteiger charge is 2.27. The zero-order valence-corrected chi connectivity index (χ0v) is 9.30. The molecule has 1 fully saturated rings. The molecule has 1 saturated carbocycles. The average Bonchev–Trinajstić information content (AvgIpc) is 2.82. The van der Waals surface area contributed by atoms with Crippen molar-refractivity contribution in [1.29, 1.82) is 0 Å². The van der Waals surface area contributed by atoms with Crippen molar-refractivity contribution in [2.75, 3.05) is 6.54 Å². The molecule has 0 aromatic rings. The second-order valence-corrected chi connectivity index (χ2v) is 5.16. The summed E-state index contributed by atoms with van der Waals surface area (Å²) < 4.78 is 0. The van der Waals surface area contributed by atoms with E-state index in [1.54, 1.807) is 0 Å². The van der Waals surface area contributed by atoms with Crippen molar-refractivity contribution in [2.24, 2.45) is 28.0 Å². The molecule has 0 aromatic carbocycles. The third-order valence-electron chi connectivity index (χ3n) is 3.23. The van der Waals surface area contributed by atoms with Crippen LogP contribution < -0.4 is 5.73 Å². The van der Waals surface area contributed by atoms with Crippen molar-refractivity contribution in [3.63, 3.8) is 0 Å². The van der Waals surface area contributed by atoms with Gasteiger partial charge in [-0.1, -0.05) is 27.7 Å². The molecule has 2 N–H and O–H groups in total. The lowest BCUT2D eigenvalue weighted by atomic mass is 9.81. The summed E-state index contributed by atoms with van der Waals surface area (Å²) in [5, 5.41) is 0. The van der Waals surface area contributed by atoms with E-state index in [0.29, 0.717) is 11.8 Å². The summed E-state index contributed by atoms with van der Waals surface area (Å²) in [7, 11) is 0. The lowest BCUT2D eigenvalue weighted by Gasteiger charge is -2.27. The van der Waals surface area contributed by atoms with Gasteiger partial charge in [0.2, 0.25) is 0 Å². The third-order valence-corrected chi connectivity index (χ3v) is 3.23. The Hall–Kier alpha value is -0.530. The molecule has 0 spiro atoms. The number of amidine groups is 1. The number of hydrogen-bond acceptors (Lipinski definition) is 1. The van der Waals surface area contributed by atoms with Crippen LogP contribution in [-0.2, 0) is 0 Å². The molecule has 0 aromatic heterocycles. The zero-order valence-electron chi connectivity index (χ0n) is 9.30. The molecule has 1 rings (SSSR count). The highest BCUT2D eigenvalue weighted by molar-refractivity contribution is 5.84. The van der Waals surface area contributed by atoms with Crippen LogP contribution in [0.3, 0.4) is 0 Å². The molecule has 0 saturated heterocycles. The Bertz CT molecular complexity index is 200. The van der Waals surface area contributed by atoms with Crippen molar-refractivity contribution < 1.29 is 0 Å². The van der Waals surface area contributed by atoms with Crippen LogP contribution in [0.15, 0.2) is 4.99 Å². The zero-order chi connectivity index (χ0) is 10.1. The van der Waals surface area contributed by atoms with E-state index in [9.17, 15) is 0 Å². The van der Waals surface area contributed by atoms with Crippen molar-refractivity contribution >= 4 is 5.84 Å². The van der Waals surface area contributed by atoms with Crippen LogP contribution in [0.1, 0.15) is 40.5 Å². The largest absolute Gasteiger partial charge is 0.387 e. The minimum absolute atomic E-state index is 0.277. The Balaban J connectivity index is 2.43. The van der Waals surface area contributed by atoms with E-state index >= 15 is 0 Å². The average molecular weight is 182 g/mol. The molecule has 0 atom stereocenters. The first-order valence-corrected chi connectivity index (χ1v) is 5.23. The Morgan fingerprint density at radius 3 is 2.38 bits per heavy atom. The lowest BCUT2D eigenvalue weighted by molar-refractivity contribution is 0.262. The van der Waals surface area contributed by atoms with E-state index in [0.717, 1.165) is 12.4 Å².